The quantitative estimate of drug-likeness (QED) is 0.358. The molecule has 2 N–H and O–H groups in total. The molecular weight excluding hydrogens is 426 g/mol. The van der Waals surface area contributed by atoms with Crippen LogP contribution in [0.15, 0.2) is 48.7 Å². The number of fused-ring (bicyclic) bond motifs is 1. The van der Waals surface area contributed by atoms with Crippen molar-refractivity contribution < 1.29 is 14.3 Å². The van der Waals surface area contributed by atoms with E-state index in [4.69, 9.17) is 9.47 Å². The van der Waals surface area contributed by atoms with Crippen LogP contribution in [0.1, 0.15) is 57.1 Å². The fourth-order valence-electron chi connectivity index (χ4n) is 4.71. The van der Waals surface area contributed by atoms with E-state index in [1.807, 2.05) is 36.5 Å². The Bertz CT molecular complexity index is 1060. The Hall–Kier alpha value is -2.99. The Kier molecular flexibility index (Phi) is 9.40. The van der Waals surface area contributed by atoms with Gasteiger partial charge in [0.2, 0.25) is 5.91 Å². The molecule has 6 heteroatoms. The van der Waals surface area contributed by atoms with Crippen molar-refractivity contribution in [3.05, 3.63) is 59.8 Å². The van der Waals surface area contributed by atoms with E-state index >= 15 is 0 Å². The van der Waals surface area contributed by atoms with Crippen molar-refractivity contribution in [1.82, 2.24) is 15.2 Å². The van der Waals surface area contributed by atoms with Crippen molar-refractivity contribution in [3.8, 4) is 11.5 Å². The van der Waals surface area contributed by atoms with Gasteiger partial charge in [-0.25, -0.2) is 0 Å². The number of aromatic amines is 1. The molecule has 3 rings (SSSR count). The van der Waals surface area contributed by atoms with Gasteiger partial charge in [0.25, 0.3) is 0 Å². The van der Waals surface area contributed by atoms with E-state index in [2.05, 4.69) is 48.1 Å². The topological polar surface area (TPSA) is 66.6 Å². The van der Waals surface area contributed by atoms with Crippen molar-refractivity contribution in [2.75, 3.05) is 33.9 Å². The fourth-order valence-corrected chi connectivity index (χ4v) is 4.71. The molecule has 0 aliphatic rings. The monoisotopic (exact) mass is 465 g/mol. The molecule has 2 aromatic carbocycles. The van der Waals surface area contributed by atoms with Crippen LogP contribution >= 0.6 is 0 Å². The number of amides is 1. The summed E-state index contributed by atoms with van der Waals surface area (Å²) >= 11 is 0. The summed E-state index contributed by atoms with van der Waals surface area (Å²) in [4.78, 5) is 19.0. The molecule has 34 heavy (non-hydrogen) atoms. The lowest BCUT2D eigenvalue weighted by Gasteiger charge is -2.23. The number of nitrogens with zero attached hydrogens (tertiary/aromatic N) is 1. The van der Waals surface area contributed by atoms with Crippen LogP contribution in [0.2, 0.25) is 0 Å². The molecule has 6 nitrogen and oxygen atoms in total. The summed E-state index contributed by atoms with van der Waals surface area (Å²) in [5.41, 5.74) is 3.07. The van der Waals surface area contributed by atoms with Gasteiger partial charge in [-0.05, 0) is 57.1 Å². The molecule has 3 aromatic rings. The third-order valence-electron chi connectivity index (χ3n) is 6.61. The Balaban J connectivity index is 1.82. The van der Waals surface area contributed by atoms with Crippen molar-refractivity contribution >= 4 is 16.8 Å². The zero-order valence-electron chi connectivity index (χ0n) is 21.2. The predicted molar refractivity (Wildman–Crippen MR) is 139 cm³/mol. The van der Waals surface area contributed by atoms with E-state index in [-0.39, 0.29) is 17.9 Å². The van der Waals surface area contributed by atoms with E-state index in [1.54, 1.807) is 14.2 Å². The standard InChI is InChI=1S/C28H39N3O3/c1-6-31(7-2)17-11-12-20(3)30-27(32)18-23(22-14-10-16-26(33-4)28(22)34-5)24-19-29-25-15-9-8-13-21(24)25/h8-10,13-16,19-20,23,29H,6-7,11-12,17-18H2,1-5H3,(H,30,32). The number of methoxy groups -OCH3 is 2. The summed E-state index contributed by atoms with van der Waals surface area (Å²) in [5, 5.41) is 4.33. The molecule has 1 heterocycles. The number of hydrogen-bond acceptors (Lipinski definition) is 4. The molecule has 2 atom stereocenters. The van der Waals surface area contributed by atoms with Crippen molar-refractivity contribution in [2.45, 2.75) is 52.0 Å². The van der Waals surface area contributed by atoms with E-state index < -0.39 is 0 Å². The van der Waals surface area contributed by atoms with Crippen molar-refractivity contribution in [1.29, 1.82) is 0 Å². The summed E-state index contributed by atoms with van der Waals surface area (Å²) < 4.78 is 11.3. The zero-order valence-corrected chi connectivity index (χ0v) is 21.2. The van der Waals surface area contributed by atoms with Crippen LogP contribution in [0.5, 0.6) is 11.5 Å². The lowest BCUT2D eigenvalue weighted by molar-refractivity contribution is -0.121. The number of para-hydroxylation sites is 2. The number of hydrogen-bond donors (Lipinski definition) is 2. The minimum Gasteiger partial charge on any atom is -0.493 e. The van der Waals surface area contributed by atoms with Crippen molar-refractivity contribution in [3.63, 3.8) is 0 Å². The molecule has 0 saturated heterocycles. The van der Waals surface area contributed by atoms with Gasteiger partial charge in [-0.2, -0.15) is 0 Å². The second-order valence-electron chi connectivity index (χ2n) is 8.77. The smallest absolute Gasteiger partial charge is 0.221 e. The molecule has 184 valence electrons. The molecule has 1 aromatic heterocycles. The first kappa shape index (κ1) is 25.6. The van der Waals surface area contributed by atoms with Gasteiger partial charge in [-0.1, -0.05) is 44.2 Å². The summed E-state index contributed by atoms with van der Waals surface area (Å²) in [6.45, 7) is 9.65. The average Bonchev–Trinajstić information content (AvgIpc) is 3.28. The maximum absolute atomic E-state index is 13.2. The lowest BCUT2D eigenvalue weighted by Crippen LogP contribution is -2.34. The third-order valence-corrected chi connectivity index (χ3v) is 6.61. The lowest BCUT2D eigenvalue weighted by atomic mass is 9.87. The Labute approximate surface area is 203 Å². The highest BCUT2D eigenvalue weighted by molar-refractivity contribution is 5.86. The Morgan fingerprint density at radius 2 is 1.79 bits per heavy atom. The molecule has 0 radical (unpaired) electrons. The van der Waals surface area contributed by atoms with Gasteiger partial charge in [0.05, 0.1) is 14.2 Å². The molecular formula is C28H39N3O3. The summed E-state index contributed by atoms with van der Waals surface area (Å²) in [5.74, 6) is 1.19. The maximum Gasteiger partial charge on any atom is 0.221 e. The number of carbonyl (C=O) groups excluding carboxylic acids is 1. The van der Waals surface area contributed by atoms with Crippen LogP contribution in [0.25, 0.3) is 10.9 Å². The molecule has 0 fully saturated rings. The second-order valence-corrected chi connectivity index (χ2v) is 8.77. The Morgan fingerprint density at radius 3 is 2.50 bits per heavy atom. The van der Waals surface area contributed by atoms with E-state index in [0.29, 0.717) is 17.9 Å². The number of nitrogens with one attached hydrogen (secondary N) is 2. The van der Waals surface area contributed by atoms with Gasteiger partial charge in [0.15, 0.2) is 11.5 Å². The van der Waals surface area contributed by atoms with Gasteiger partial charge in [-0.15, -0.1) is 0 Å². The second kappa shape index (κ2) is 12.5. The molecule has 0 spiro atoms. The molecule has 2 unspecified atom stereocenters. The van der Waals surface area contributed by atoms with E-state index in [0.717, 1.165) is 54.5 Å². The van der Waals surface area contributed by atoms with Crippen LogP contribution in [0.3, 0.4) is 0 Å². The van der Waals surface area contributed by atoms with E-state index in [9.17, 15) is 4.79 Å². The number of benzene rings is 2. The number of H-pyrrole nitrogens is 1. The zero-order chi connectivity index (χ0) is 24.5. The highest BCUT2D eigenvalue weighted by atomic mass is 16.5. The molecule has 0 aliphatic heterocycles. The molecule has 0 saturated carbocycles. The third kappa shape index (κ3) is 6.11. The highest BCUT2D eigenvalue weighted by Gasteiger charge is 2.26. The van der Waals surface area contributed by atoms with Crippen LogP contribution in [-0.4, -0.2) is 55.7 Å². The predicted octanol–water partition coefficient (Wildman–Crippen LogP) is 5.33. The first-order chi connectivity index (χ1) is 16.5. The summed E-state index contributed by atoms with van der Waals surface area (Å²) in [6, 6.07) is 14.2. The van der Waals surface area contributed by atoms with Gasteiger partial charge in [-0.3, -0.25) is 4.79 Å². The number of ether oxygens (including phenoxy) is 2. The fraction of sp³-hybridized carbons (Fsp3) is 0.464. The van der Waals surface area contributed by atoms with Crippen molar-refractivity contribution in [2.24, 2.45) is 0 Å². The van der Waals surface area contributed by atoms with Crippen LogP contribution in [0.4, 0.5) is 0 Å². The summed E-state index contributed by atoms with van der Waals surface area (Å²) in [6.07, 6.45) is 4.36. The van der Waals surface area contributed by atoms with Gasteiger partial charge in [0, 0.05) is 41.0 Å². The molecule has 0 bridgehead atoms. The van der Waals surface area contributed by atoms with E-state index in [1.165, 1.54) is 0 Å². The molecule has 0 aliphatic carbocycles. The maximum atomic E-state index is 13.2. The average molecular weight is 466 g/mol. The highest BCUT2D eigenvalue weighted by Crippen LogP contribution is 2.41. The van der Waals surface area contributed by atoms with Crippen LogP contribution in [-0.2, 0) is 4.79 Å². The first-order valence-electron chi connectivity index (χ1n) is 12.3. The van der Waals surface area contributed by atoms with Gasteiger partial charge in [0.1, 0.15) is 0 Å². The number of rotatable bonds is 13. The molecule has 1 amide bonds. The first-order valence-corrected chi connectivity index (χ1v) is 12.3. The Morgan fingerprint density at radius 1 is 1.03 bits per heavy atom. The summed E-state index contributed by atoms with van der Waals surface area (Å²) in [7, 11) is 3.28. The minimum atomic E-state index is -0.177. The van der Waals surface area contributed by atoms with Crippen LogP contribution < -0.4 is 14.8 Å². The number of aromatic nitrogens is 1. The van der Waals surface area contributed by atoms with Crippen LogP contribution in [0, 0.1) is 0 Å². The minimum absolute atomic E-state index is 0.0375. The largest absolute Gasteiger partial charge is 0.493 e. The van der Waals surface area contributed by atoms with Gasteiger partial charge >= 0.3 is 0 Å². The normalized spacial score (nSPS) is 13.1. The number of carbonyl (C=O) groups is 1. The van der Waals surface area contributed by atoms with Gasteiger partial charge < -0.3 is 24.7 Å². The SMILES string of the molecule is CCN(CC)CCCC(C)NC(=O)CC(c1cccc(OC)c1OC)c1c[nH]c2ccccc12.